The molecule has 0 bridgehead atoms. The second-order valence-corrected chi connectivity index (χ2v) is 5.12. The van der Waals surface area contributed by atoms with Crippen molar-refractivity contribution in [2.45, 2.75) is 32.9 Å². The molecule has 1 aromatic heterocycles. The van der Waals surface area contributed by atoms with Crippen LogP contribution in [0.5, 0.6) is 0 Å². The third-order valence-electron chi connectivity index (χ3n) is 3.00. The van der Waals surface area contributed by atoms with E-state index in [4.69, 9.17) is 5.11 Å². The number of nitrogens with one attached hydrogen (secondary N) is 1. The molecule has 0 aliphatic heterocycles. The van der Waals surface area contributed by atoms with Crippen molar-refractivity contribution in [3.8, 4) is 0 Å². The molecule has 0 aliphatic rings. The maximum Gasteiger partial charge on any atom is 0.317 e. The molecule has 0 aromatic carbocycles. The molecule has 1 heterocycles. The molecule has 0 fully saturated rings. The lowest BCUT2D eigenvalue weighted by Gasteiger charge is -2.25. The summed E-state index contributed by atoms with van der Waals surface area (Å²) in [6.07, 6.45) is 3.29. The molecular weight excluding hydrogens is 258 g/mol. The Morgan fingerprint density at radius 3 is 2.65 bits per heavy atom. The highest BCUT2D eigenvalue weighted by molar-refractivity contribution is 5.75. The number of pyridine rings is 1. The van der Waals surface area contributed by atoms with Gasteiger partial charge in [-0.3, -0.25) is 9.78 Å². The quantitative estimate of drug-likeness (QED) is 0.830. The van der Waals surface area contributed by atoms with Crippen molar-refractivity contribution < 1.29 is 14.7 Å². The van der Waals surface area contributed by atoms with Crippen molar-refractivity contribution >= 4 is 12.0 Å². The van der Waals surface area contributed by atoms with E-state index in [-0.39, 0.29) is 24.4 Å². The Morgan fingerprint density at radius 2 is 2.15 bits per heavy atom. The van der Waals surface area contributed by atoms with E-state index < -0.39 is 5.97 Å². The first kappa shape index (κ1) is 15.9. The minimum atomic E-state index is -0.918. The first-order chi connectivity index (χ1) is 9.40. The normalized spacial score (nSPS) is 12.0. The molecule has 1 unspecified atom stereocenters. The SMILES string of the molecule is CC(C)C(CC(=O)O)NC(=O)N(C)Cc1cccnc1. The lowest BCUT2D eigenvalue weighted by Crippen LogP contribution is -2.45. The zero-order chi connectivity index (χ0) is 15.1. The minimum absolute atomic E-state index is 0.0573. The monoisotopic (exact) mass is 279 g/mol. The number of carboxylic acids is 1. The van der Waals surface area contributed by atoms with Gasteiger partial charge in [0.15, 0.2) is 0 Å². The van der Waals surface area contributed by atoms with Gasteiger partial charge in [0.1, 0.15) is 0 Å². The van der Waals surface area contributed by atoms with E-state index in [2.05, 4.69) is 10.3 Å². The number of hydrogen-bond donors (Lipinski definition) is 2. The number of urea groups is 1. The smallest absolute Gasteiger partial charge is 0.317 e. The Balaban J connectivity index is 2.57. The van der Waals surface area contributed by atoms with Crippen LogP contribution in [0, 0.1) is 5.92 Å². The molecule has 0 spiro atoms. The van der Waals surface area contributed by atoms with Crippen LogP contribution in [0.4, 0.5) is 4.79 Å². The van der Waals surface area contributed by atoms with Gasteiger partial charge < -0.3 is 15.3 Å². The van der Waals surface area contributed by atoms with Crippen LogP contribution < -0.4 is 5.32 Å². The highest BCUT2D eigenvalue weighted by Crippen LogP contribution is 2.08. The fourth-order valence-electron chi connectivity index (χ4n) is 1.75. The van der Waals surface area contributed by atoms with Crippen LogP contribution in [0.3, 0.4) is 0 Å². The summed E-state index contributed by atoms with van der Waals surface area (Å²) in [4.78, 5) is 28.3. The van der Waals surface area contributed by atoms with Gasteiger partial charge in [0.2, 0.25) is 0 Å². The molecule has 1 aromatic rings. The van der Waals surface area contributed by atoms with Crippen molar-refractivity contribution in [3.05, 3.63) is 30.1 Å². The Hall–Kier alpha value is -2.11. The molecule has 2 N–H and O–H groups in total. The Morgan fingerprint density at radius 1 is 1.45 bits per heavy atom. The van der Waals surface area contributed by atoms with Crippen LogP contribution >= 0.6 is 0 Å². The van der Waals surface area contributed by atoms with Crippen LogP contribution in [0.1, 0.15) is 25.8 Å². The summed E-state index contributed by atoms with van der Waals surface area (Å²) in [6, 6.07) is 3.03. The van der Waals surface area contributed by atoms with Crippen LogP contribution in [-0.4, -0.2) is 40.1 Å². The summed E-state index contributed by atoms with van der Waals surface area (Å²) in [7, 11) is 1.67. The largest absolute Gasteiger partial charge is 0.481 e. The second kappa shape index (κ2) is 7.47. The molecule has 20 heavy (non-hydrogen) atoms. The van der Waals surface area contributed by atoms with Gasteiger partial charge >= 0.3 is 12.0 Å². The van der Waals surface area contributed by atoms with E-state index in [0.29, 0.717) is 6.54 Å². The summed E-state index contributed by atoms with van der Waals surface area (Å²) < 4.78 is 0. The van der Waals surface area contributed by atoms with Crippen molar-refractivity contribution in [3.63, 3.8) is 0 Å². The molecule has 0 aliphatic carbocycles. The second-order valence-electron chi connectivity index (χ2n) is 5.12. The van der Waals surface area contributed by atoms with Gasteiger partial charge in [-0.15, -0.1) is 0 Å². The molecule has 0 saturated heterocycles. The molecular formula is C14H21N3O3. The maximum absolute atomic E-state index is 12.0. The van der Waals surface area contributed by atoms with Crippen LogP contribution in [0.25, 0.3) is 0 Å². The van der Waals surface area contributed by atoms with Crippen LogP contribution in [0.15, 0.2) is 24.5 Å². The number of aliphatic carboxylic acids is 1. The van der Waals surface area contributed by atoms with Gasteiger partial charge in [0.25, 0.3) is 0 Å². The number of carbonyl (C=O) groups excluding carboxylic acids is 1. The number of nitrogens with zero attached hydrogens (tertiary/aromatic N) is 2. The van der Waals surface area contributed by atoms with E-state index in [0.717, 1.165) is 5.56 Å². The Bertz CT molecular complexity index is 448. The number of carboxylic acid groups (broad SMARTS) is 1. The standard InChI is InChI=1S/C14H21N3O3/c1-10(2)12(7-13(18)19)16-14(20)17(3)9-11-5-4-6-15-8-11/h4-6,8,10,12H,7,9H2,1-3H3,(H,16,20)(H,18,19). The summed E-state index contributed by atoms with van der Waals surface area (Å²) in [5.41, 5.74) is 0.921. The van der Waals surface area contributed by atoms with Gasteiger partial charge in [0, 0.05) is 32.0 Å². The lowest BCUT2D eigenvalue weighted by atomic mass is 10.0. The molecule has 1 atom stereocenters. The summed E-state index contributed by atoms with van der Waals surface area (Å²) in [5, 5.41) is 11.6. The number of hydrogen-bond acceptors (Lipinski definition) is 3. The molecule has 2 amide bonds. The predicted octanol–water partition coefficient (Wildman–Crippen LogP) is 1.72. The van der Waals surface area contributed by atoms with E-state index in [9.17, 15) is 9.59 Å². The number of aromatic nitrogens is 1. The predicted molar refractivity (Wildman–Crippen MR) is 75.1 cm³/mol. The number of rotatable bonds is 6. The molecule has 6 heteroatoms. The summed E-state index contributed by atoms with van der Waals surface area (Å²) in [5.74, 6) is -0.860. The topological polar surface area (TPSA) is 82.5 Å². The molecule has 0 saturated carbocycles. The Kier molecular flexibility index (Phi) is 5.96. The lowest BCUT2D eigenvalue weighted by molar-refractivity contribution is -0.137. The van der Waals surface area contributed by atoms with Crippen molar-refractivity contribution in [1.29, 1.82) is 0 Å². The van der Waals surface area contributed by atoms with Crippen molar-refractivity contribution in [2.24, 2.45) is 5.92 Å². The van der Waals surface area contributed by atoms with E-state index in [1.54, 1.807) is 19.4 Å². The maximum atomic E-state index is 12.0. The highest BCUT2D eigenvalue weighted by Gasteiger charge is 2.21. The van der Waals surface area contributed by atoms with Crippen LogP contribution in [0.2, 0.25) is 0 Å². The molecule has 1 rings (SSSR count). The average Bonchev–Trinajstić information content (AvgIpc) is 2.38. The van der Waals surface area contributed by atoms with E-state index >= 15 is 0 Å². The zero-order valence-corrected chi connectivity index (χ0v) is 12.0. The van der Waals surface area contributed by atoms with Gasteiger partial charge in [-0.2, -0.15) is 0 Å². The average molecular weight is 279 g/mol. The van der Waals surface area contributed by atoms with Crippen molar-refractivity contribution in [1.82, 2.24) is 15.2 Å². The first-order valence-corrected chi connectivity index (χ1v) is 6.52. The summed E-state index contributed by atoms with van der Waals surface area (Å²) >= 11 is 0. The first-order valence-electron chi connectivity index (χ1n) is 6.52. The molecule has 0 radical (unpaired) electrons. The van der Waals surface area contributed by atoms with Crippen LogP contribution in [-0.2, 0) is 11.3 Å². The fraction of sp³-hybridized carbons (Fsp3) is 0.500. The van der Waals surface area contributed by atoms with Crippen molar-refractivity contribution in [2.75, 3.05) is 7.05 Å². The van der Waals surface area contributed by atoms with E-state index in [1.807, 2.05) is 26.0 Å². The van der Waals surface area contributed by atoms with Gasteiger partial charge in [-0.25, -0.2) is 4.79 Å². The number of carbonyl (C=O) groups is 2. The van der Waals surface area contributed by atoms with Gasteiger partial charge in [-0.1, -0.05) is 19.9 Å². The third kappa shape index (κ3) is 5.26. The number of amides is 2. The van der Waals surface area contributed by atoms with E-state index in [1.165, 1.54) is 4.90 Å². The fourth-order valence-corrected chi connectivity index (χ4v) is 1.75. The zero-order valence-electron chi connectivity index (χ0n) is 12.0. The summed E-state index contributed by atoms with van der Waals surface area (Å²) in [6.45, 7) is 4.20. The molecule has 110 valence electrons. The van der Waals surface area contributed by atoms with Gasteiger partial charge in [0.05, 0.1) is 6.42 Å². The third-order valence-corrected chi connectivity index (χ3v) is 3.00. The Labute approximate surface area is 118 Å². The minimum Gasteiger partial charge on any atom is -0.481 e. The highest BCUT2D eigenvalue weighted by atomic mass is 16.4. The molecule has 6 nitrogen and oxygen atoms in total. The van der Waals surface area contributed by atoms with Gasteiger partial charge in [-0.05, 0) is 17.5 Å².